The Bertz CT molecular complexity index is 1180. The minimum Gasteiger partial charge on any atom is -0.508 e. The Kier molecular flexibility index (Phi) is 6.10. The van der Waals surface area contributed by atoms with E-state index in [-0.39, 0.29) is 16.7 Å². The zero-order chi connectivity index (χ0) is 24.8. The summed E-state index contributed by atoms with van der Waals surface area (Å²) in [4.78, 5) is 0. The van der Waals surface area contributed by atoms with Crippen LogP contribution < -0.4 is 0 Å². The second kappa shape index (κ2) is 8.62. The lowest BCUT2D eigenvalue weighted by Gasteiger charge is -2.27. The lowest BCUT2D eigenvalue weighted by molar-refractivity contribution is 0.411. The summed E-state index contributed by atoms with van der Waals surface area (Å²) in [7, 11) is 0. The molecule has 1 atom stereocenters. The van der Waals surface area contributed by atoms with Crippen LogP contribution in [-0.2, 0) is 10.8 Å². The largest absolute Gasteiger partial charge is 0.508 e. The van der Waals surface area contributed by atoms with Crippen LogP contribution in [0.25, 0.3) is 16.7 Å². The highest BCUT2D eigenvalue weighted by molar-refractivity contribution is 6.03. The Morgan fingerprint density at radius 2 is 1.29 bits per heavy atom. The lowest BCUT2D eigenvalue weighted by Crippen LogP contribution is -2.14. The zero-order valence-corrected chi connectivity index (χ0v) is 21.6. The van der Waals surface area contributed by atoms with Gasteiger partial charge in [-0.15, -0.1) is 13.2 Å². The lowest BCUT2D eigenvalue weighted by atomic mass is 9.77. The standard InChI is InChI=1S/C33H38O/c1-9-11-23-26(12-10-2)30(34)18-17-27(23)31-28-19-21(32(3,4)5)13-15-24(28)25-16-14-22(20-29(25)31)33(6,7)8/h9-10,13-20,23,34H,1-2,11-12H2,3-8H3. The maximum atomic E-state index is 10.7. The summed E-state index contributed by atoms with van der Waals surface area (Å²) in [6, 6.07) is 13.9. The first-order valence-electron chi connectivity index (χ1n) is 12.3. The monoisotopic (exact) mass is 450 g/mol. The molecule has 4 rings (SSSR count). The second-order valence-electron chi connectivity index (χ2n) is 11.7. The van der Waals surface area contributed by atoms with Crippen LogP contribution in [-0.4, -0.2) is 5.11 Å². The fourth-order valence-electron chi connectivity index (χ4n) is 5.21. The molecular weight excluding hydrogens is 412 g/mol. The van der Waals surface area contributed by atoms with Gasteiger partial charge in [0.2, 0.25) is 0 Å². The van der Waals surface area contributed by atoms with Gasteiger partial charge in [-0.05, 0) is 92.0 Å². The van der Waals surface area contributed by atoms with E-state index >= 15 is 0 Å². The molecule has 0 bridgehead atoms. The quantitative estimate of drug-likeness (QED) is 0.393. The summed E-state index contributed by atoms with van der Waals surface area (Å²) in [5.74, 6) is 0.437. The van der Waals surface area contributed by atoms with Crippen molar-refractivity contribution in [1.82, 2.24) is 0 Å². The molecule has 0 saturated heterocycles. The average Bonchev–Trinajstić information content (AvgIpc) is 3.08. The predicted octanol–water partition coefficient (Wildman–Crippen LogP) is 9.21. The van der Waals surface area contributed by atoms with E-state index in [0.717, 1.165) is 12.0 Å². The van der Waals surface area contributed by atoms with Crippen LogP contribution in [0.3, 0.4) is 0 Å². The van der Waals surface area contributed by atoms with Crippen molar-refractivity contribution in [3.05, 3.63) is 113 Å². The Hall–Kier alpha value is -3.06. The molecule has 0 aromatic heterocycles. The molecule has 0 aliphatic heterocycles. The molecule has 0 fully saturated rings. The van der Waals surface area contributed by atoms with E-state index in [1.54, 1.807) is 0 Å². The average molecular weight is 451 g/mol. The number of allylic oxidation sites excluding steroid dienone is 6. The zero-order valence-electron chi connectivity index (χ0n) is 21.6. The number of hydrogen-bond donors (Lipinski definition) is 1. The van der Waals surface area contributed by atoms with Crippen LogP contribution in [0.1, 0.15) is 76.6 Å². The summed E-state index contributed by atoms with van der Waals surface area (Å²) < 4.78 is 0. The smallest absolute Gasteiger partial charge is 0.115 e. The van der Waals surface area contributed by atoms with E-state index in [9.17, 15) is 5.11 Å². The highest BCUT2D eigenvalue weighted by Crippen LogP contribution is 2.51. The van der Waals surface area contributed by atoms with Crippen LogP contribution in [0.5, 0.6) is 0 Å². The number of fused-ring (bicyclic) bond motifs is 3. The summed E-state index contributed by atoms with van der Waals surface area (Å²) in [6.07, 6.45) is 9.27. The van der Waals surface area contributed by atoms with Gasteiger partial charge in [0.05, 0.1) is 0 Å². The third kappa shape index (κ3) is 4.13. The summed E-state index contributed by atoms with van der Waals surface area (Å²) in [5.41, 5.74) is 11.5. The van der Waals surface area contributed by atoms with Crippen molar-refractivity contribution >= 4 is 5.57 Å². The third-order valence-electron chi connectivity index (χ3n) is 7.20. The molecule has 34 heavy (non-hydrogen) atoms. The normalized spacial score (nSPS) is 17.6. The molecule has 2 aliphatic carbocycles. The summed E-state index contributed by atoms with van der Waals surface area (Å²) >= 11 is 0. The van der Waals surface area contributed by atoms with Gasteiger partial charge in [0.15, 0.2) is 0 Å². The van der Waals surface area contributed by atoms with Crippen molar-refractivity contribution in [2.24, 2.45) is 5.92 Å². The van der Waals surface area contributed by atoms with Gasteiger partial charge < -0.3 is 5.11 Å². The Morgan fingerprint density at radius 1 is 0.765 bits per heavy atom. The molecule has 0 spiro atoms. The van der Waals surface area contributed by atoms with E-state index in [2.05, 4.69) is 97.2 Å². The maximum absolute atomic E-state index is 10.7. The van der Waals surface area contributed by atoms with Gasteiger partial charge in [-0.2, -0.15) is 0 Å². The molecule has 0 radical (unpaired) electrons. The number of rotatable bonds is 4. The van der Waals surface area contributed by atoms with Gasteiger partial charge in [-0.25, -0.2) is 0 Å². The molecule has 0 saturated carbocycles. The molecule has 2 aromatic carbocycles. The van der Waals surface area contributed by atoms with Gasteiger partial charge in [0.25, 0.3) is 0 Å². The van der Waals surface area contributed by atoms with Crippen LogP contribution in [0.2, 0.25) is 0 Å². The molecule has 1 nitrogen and oxygen atoms in total. The summed E-state index contributed by atoms with van der Waals surface area (Å²) in [5, 5.41) is 10.7. The molecule has 2 aliphatic rings. The van der Waals surface area contributed by atoms with E-state index in [4.69, 9.17) is 0 Å². The van der Waals surface area contributed by atoms with Gasteiger partial charge in [0.1, 0.15) is 5.76 Å². The van der Waals surface area contributed by atoms with Crippen molar-refractivity contribution in [1.29, 1.82) is 0 Å². The molecular formula is C33H38O. The molecule has 0 heterocycles. The van der Waals surface area contributed by atoms with Crippen molar-refractivity contribution in [2.45, 2.75) is 65.2 Å². The molecule has 2 aromatic rings. The van der Waals surface area contributed by atoms with Crippen molar-refractivity contribution in [3.63, 3.8) is 0 Å². The molecule has 1 N–H and O–H groups in total. The van der Waals surface area contributed by atoms with Crippen LogP contribution in [0.15, 0.2) is 90.8 Å². The van der Waals surface area contributed by atoms with Gasteiger partial charge in [-0.1, -0.05) is 84.0 Å². The SMILES string of the molecule is C=CCC1=C(O)C=CC(=C2c3cc(C(C)(C)C)ccc3-c3ccc(C(C)(C)C)cc32)C1CC=C. The van der Waals surface area contributed by atoms with Crippen molar-refractivity contribution < 1.29 is 5.11 Å². The van der Waals surface area contributed by atoms with Crippen molar-refractivity contribution in [2.75, 3.05) is 0 Å². The summed E-state index contributed by atoms with van der Waals surface area (Å²) in [6.45, 7) is 21.6. The molecule has 1 heteroatoms. The minimum absolute atomic E-state index is 0.0608. The van der Waals surface area contributed by atoms with E-state index in [1.807, 2.05) is 18.2 Å². The first-order chi connectivity index (χ1) is 16.0. The number of aliphatic hydroxyl groups is 1. The topological polar surface area (TPSA) is 20.2 Å². The third-order valence-corrected chi connectivity index (χ3v) is 7.20. The van der Waals surface area contributed by atoms with Crippen LogP contribution in [0, 0.1) is 5.92 Å². The fraction of sp³-hybridized carbons (Fsp3) is 0.333. The van der Waals surface area contributed by atoms with Gasteiger partial charge in [-0.3, -0.25) is 0 Å². The fourth-order valence-corrected chi connectivity index (χ4v) is 5.21. The number of benzene rings is 2. The molecule has 0 amide bonds. The minimum atomic E-state index is 0.0608. The van der Waals surface area contributed by atoms with E-state index in [0.29, 0.717) is 12.2 Å². The highest BCUT2D eigenvalue weighted by atomic mass is 16.3. The maximum Gasteiger partial charge on any atom is 0.115 e. The van der Waals surface area contributed by atoms with Crippen LogP contribution >= 0.6 is 0 Å². The van der Waals surface area contributed by atoms with Gasteiger partial charge in [0, 0.05) is 5.92 Å². The van der Waals surface area contributed by atoms with Gasteiger partial charge >= 0.3 is 0 Å². The molecule has 1 unspecified atom stereocenters. The number of hydrogen-bond acceptors (Lipinski definition) is 1. The predicted molar refractivity (Wildman–Crippen MR) is 147 cm³/mol. The first-order valence-corrected chi connectivity index (χ1v) is 12.3. The van der Waals surface area contributed by atoms with Crippen molar-refractivity contribution in [3.8, 4) is 11.1 Å². The Morgan fingerprint density at radius 3 is 1.74 bits per heavy atom. The Balaban J connectivity index is 2.07. The number of aliphatic hydroxyl groups excluding tert-OH is 1. The first kappa shape index (κ1) is 24.1. The highest BCUT2D eigenvalue weighted by Gasteiger charge is 2.33. The van der Waals surface area contributed by atoms with E-state index < -0.39 is 0 Å². The van der Waals surface area contributed by atoms with E-state index in [1.165, 1.54) is 44.5 Å². The van der Waals surface area contributed by atoms with Crippen LogP contribution in [0.4, 0.5) is 0 Å². The second-order valence-corrected chi connectivity index (χ2v) is 11.7. The Labute approximate surface area is 205 Å². The molecule has 176 valence electrons.